The Morgan fingerprint density at radius 1 is 1.26 bits per heavy atom. The van der Waals surface area contributed by atoms with E-state index in [2.05, 4.69) is 15.4 Å². The molecule has 1 amide bonds. The molecule has 0 unspecified atom stereocenters. The van der Waals surface area contributed by atoms with Crippen LogP contribution in [0.25, 0.3) is 0 Å². The first-order valence-electron chi connectivity index (χ1n) is 7.20. The summed E-state index contributed by atoms with van der Waals surface area (Å²) in [7, 11) is 0. The molecule has 6 heteroatoms. The molecule has 0 fully saturated rings. The summed E-state index contributed by atoms with van der Waals surface area (Å²) in [6, 6.07) is 12.9. The Hall–Kier alpha value is -3.15. The average molecular weight is 307 g/mol. The van der Waals surface area contributed by atoms with Gasteiger partial charge in [-0.15, -0.1) is 0 Å². The lowest BCUT2D eigenvalue weighted by atomic mass is 10.1. The van der Waals surface area contributed by atoms with Crippen LogP contribution in [0.4, 0.5) is 11.4 Å². The van der Waals surface area contributed by atoms with E-state index < -0.39 is 0 Å². The van der Waals surface area contributed by atoms with Gasteiger partial charge in [-0.2, -0.15) is 5.10 Å². The maximum Gasteiger partial charge on any atom is 0.255 e. The second-order valence-corrected chi connectivity index (χ2v) is 5.38. The van der Waals surface area contributed by atoms with Crippen LogP contribution in [0.1, 0.15) is 21.5 Å². The molecule has 0 saturated carbocycles. The lowest BCUT2D eigenvalue weighted by molar-refractivity contribution is 0.102. The lowest BCUT2D eigenvalue weighted by Crippen LogP contribution is -2.13. The molecule has 3 N–H and O–H groups in total. The molecule has 0 aliphatic carbocycles. The molecular weight excluding hydrogens is 290 g/mol. The first-order chi connectivity index (χ1) is 11.1. The van der Waals surface area contributed by atoms with Crippen molar-refractivity contribution in [3.05, 3.63) is 71.8 Å². The molecule has 23 heavy (non-hydrogen) atoms. The SMILES string of the molecule is Cc1cc(N)cc(NC(=O)c2cccc(Cn3cncn3)c2)c1. The topological polar surface area (TPSA) is 85.8 Å². The smallest absolute Gasteiger partial charge is 0.255 e. The molecule has 1 heterocycles. The summed E-state index contributed by atoms with van der Waals surface area (Å²) in [5.41, 5.74) is 9.69. The number of nitrogens with two attached hydrogens (primary N) is 1. The summed E-state index contributed by atoms with van der Waals surface area (Å²) in [5, 5.41) is 6.94. The number of aryl methyl sites for hydroxylation is 1. The number of carbonyl (C=O) groups is 1. The Morgan fingerprint density at radius 2 is 2.13 bits per heavy atom. The second kappa shape index (κ2) is 6.31. The highest BCUT2D eigenvalue weighted by Crippen LogP contribution is 2.17. The molecule has 0 bridgehead atoms. The summed E-state index contributed by atoms with van der Waals surface area (Å²) < 4.78 is 1.71. The van der Waals surface area contributed by atoms with Crippen molar-refractivity contribution in [1.29, 1.82) is 0 Å². The summed E-state index contributed by atoms with van der Waals surface area (Å²) in [6.07, 6.45) is 3.13. The molecule has 0 aliphatic rings. The van der Waals surface area contributed by atoms with Crippen LogP contribution in [0.15, 0.2) is 55.1 Å². The summed E-state index contributed by atoms with van der Waals surface area (Å²) in [4.78, 5) is 16.3. The van der Waals surface area contributed by atoms with Crippen molar-refractivity contribution in [3.63, 3.8) is 0 Å². The van der Waals surface area contributed by atoms with E-state index in [1.807, 2.05) is 37.3 Å². The Morgan fingerprint density at radius 3 is 2.87 bits per heavy atom. The maximum atomic E-state index is 12.4. The third kappa shape index (κ3) is 3.74. The van der Waals surface area contributed by atoms with Gasteiger partial charge in [0.25, 0.3) is 5.91 Å². The second-order valence-electron chi connectivity index (χ2n) is 5.38. The lowest BCUT2D eigenvalue weighted by Gasteiger charge is -2.09. The molecule has 1 aromatic heterocycles. The van der Waals surface area contributed by atoms with Gasteiger partial charge in [-0.05, 0) is 48.4 Å². The van der Waals surface area contributed by atoms with Crippen molar-refractivity contribution in [2.45, 2.75) is 13.5 Å². The number of aromatic nitrogens is 3. The number of carbonyl (C=O) groups excluding carboxylic acids is 1. The normalized spacial score (nSPS) is 10.5. The molecule has 0 atom stereocenters. The Labute approximate surface area is 134 Å². The number of anilines is 2. The van der Waals surface area contributed by atoms with Crippen LogP contribution in [0.5, 0.6) is 0 Å². The molecule has 2 aromatic carbocycles. The zero-order valence-corrected chi connectivity index (χ0v) is 12.7. The molecule has 6 nitrogen and oxygen atoms in total. The highest BCUT2D eigenvalue weighted by Gasteiger charge is 2.08. The molecular formula is C17H17N5O. The Bertz CT molecular complexity index is 807. The van der Waals surface area contributed by atoms with E-state index in [0.29, 0.717) is 23.5 Å². The molecule has 3 rings (SSSR count). The fourth-order valence-corrected chi connectivity index (χ4v) is 2.40. The predicted molar refractivity (Wildman–Crippen MR) is 89.1 cm³/mol. The van der Waals surface area contributed by atoms with Gasteiger partial charge in [0.1, 0.15) is 12.7 Å². The van der Waals surface area contributed by atoms with Gasteiger partial charge < -0.3 is 11.1 Å². The molecule has 0 aliphatic heterocycles. The quantitative estimate of drug-likeness (QED) is 0.725. The largest absolute Gasteiger partial charge is 0.399 e. The molecule has 3 aromatic rings. The summed E-state index contributed by atoms with van der Waals surface area (Å²) in [6.45, 7) is 2.50. The number of amides is 1. The van der Waals surface area contributed by atoms with Gasteiger partial charge in [0.2, 0.25) is 0 Å². The monoisotopic (exact) mass is 307 g/mol. The number of benzene rings is 2. The minimum atomic E-state index is -0.171. The van der Waals surface area contributed by atoms with Crippen molar-refractivity contribution in [2.75, 3.05) is 11.1 Å². The van der Waals surface area contributed by atoms with Crippen molar-refractivity contribution >= 4 is 17.3 Å². The standard InChI is InChI=1S/C17H17N5O/c1-12-5-15(18)8-16(6-12)21-17(23)14-4-2-3-13(7-14)9-22-11-19-10-20-22/h2-8,10-11H,9,18H2,1H3,(H,21,23). The highest BCUT2D eigenvalue weighted by atomic mass is 16.1. The fraction of sp³-hybridized carbons (Fsp3) is 0.118. The van der Waals surface area contributed by atoms with E-state index in [1.54, 1.807) is 23.1 Å². The minimum Gasteiger partial charge on any atom is -0.399 e. The minimum absolute atomic E-state index is 0.171. The first kappa shape index (κ1) is 14.8. The van der Waals surface area contributed by atoms with Crippen LogP contribution in [-0.4, -0.2) is 20.7 Å². The van der Waals surface area contributed by atoms with Gasteiger partial charge in [0, 0.05) is 16.9 Å². The van der Waals surface area contributed by atoms with Crippen LogP contribution in [0.3, 0.4) is 0 Å². The number of nitrogens with zero attached hydrogens (tertiary/aromatic N) is 3. The number of hydrogen-bond acceptors (Lipinski definition) is 4. The zero-order valence-electron chi connectivity index (χ0n) is 12.7. The maximum absolute atomic E-state index is 12.4. The van der Waals surface area contributed by atoms with Crippen LogP contribution in [0.2, 0.25) is 0 Å². The third-order valence-electron chi connectivity index (χ3n) is 3.36. The van der Waals surface area contributed by atoms with Crippen molar-refractivity contribution in [2.24, 2.45) is 0 Å². The van der Waals surface area contributed by atoms with Crippen molar-refractivity contribution < 1.29 is 4.79 Å². The fourth-order valence-electron chi connectivity index (χ4n) is 2.40. The Kier molecular flexibility index (Phi) is 4.05. The number of rotatable bonds is 4. The van der Waals surface area contributed by atoms with Crippen LogP contribution in [-0.2, 0) is 6.54 Å². The third-order valence-corrected chi connectivity index (χ3v) is 3.36. The van der Waals surface area contributed by atoms with Crippen LogP contribution < -0.4 is 11.1 Å². The van der Waals surface area contributed by atoms with Gasteiger partial charge in [-0.3, -0.25) is 4.79 Å². The number of hydrogen-bond donors (Lipinski definition) is 2. The van der Waals surface area contributed by atoms with Gasteiger partial charge in [0.15, 0.2) is 0 Å². The van der Waals surface area contributed by atoms with Crippen molar-refractivity contribution in [3.8, 4) is 0 Å². The van der Waals surface area contributed by atoms with E-state index in [-0.39, 0.29) is 5.91 Å². The molecule has 0 saturated heterocycles. The van der Waals surface area contributed by atoms with E-state index in [0.717, 1.165) is 11.1 Å². The number of nitrogen functional groups attached to an aromatic ring is 1. The number of nitrogens with one attached hydrogen (secondary N) is 1. The van der Waals surface area contributed by atoms with E-state index in [1.165, 1.54) is 6.33 Å². The van der Waals surface area contributed by atoms with E-state index in [9.17, 15) is 4.79 Å². The molecule has 0 spiro atoms. The van der Waals surface area contributed by atoms with E-state index >= 15 is 0 Å². The van der Waals surface area contributed by atoms with Crippen LogP contribution >= 0.6 is 0 Å². The highest BCUT2D eigenvalue weighted by molar-refractivity contribution is 6.04. The zero-order chi connectivity index (χ0) is 16.2. The van der Waals surface area contributed by atoms with Crippen LogP contribution in [0, 0.1) is 6.92 Å². The predicted octanol–water partition coefficient (Wildman–Crippen LogP) is 2.47. The average Bonchev–Trinajstić information content (AvgIpc) is 2.99. The molecule has 116 valence electrons. The van der Waals surface area contributed by atoms with Gasteiger partial charge >= 0.3 is 0 Å². The summed E-state index contributed by atoms with van der Waals surface area (Å²) >= 11 is 0. The van der Waals surface area contributed by atoms with E-state index in [4.69, 9.17) is 5.73 Å². The first-order valence-corrected chi connectivity index (χ1v) is 7.20. The molecule has 0 radical (unpaired) electrons. The van der Waals surface area contributed by atoms with Crippen molar-refractivity contribution in [1.82, 2.24) is 14.8 Å². The van der Waals surface area contributed by atoms with Gasteiger partial charge in [-0.1, -0.05) is 12.1 Å². The Balaban J connectivity index is 1.76. The van der Waals surface area contributed by atoms with Gasteiger partial charge in [0.05, 0.1) is 6.54 Å². The summed E-state index contributed by atoms with van der Waals surface area (Å²) in [5.74, 6) is -0.171. The van der Waals surface area contributed by atoms with Gasteiger partial charge in [-0.25, -0.2) is 9.67 Å².